The third kappa shape index (κ3) is 6.08. The summed E-state index contributed by atoms with van der Waals surface area (Å²) in [6.45, 7) is 3.29. The van der Waals surface area contributed by atoms with Crippen LogP contribution in [0.15, 0.2) is 30.4 Å². The minimum absolute atomic E-state index is 0.0413. The SMILES string of the molecule is CN1CCN(C(=O)c2nc3ccc(Cl)cc3[nH]2)CC1.O=C(O)/C=C\C(=O)O. The second kappa shape index (κ2) is 9.15. The number of rotatable bonds is 3. The number of piperazine rings is 1. The van der Waals surface area contributed by atoms with E-state index in [9.17, 15) is 14.4 Å². The van der Waals surface area contributed by atoms with Crippen LogP contribution in [-0.2, 0) is 9.59 Å². The number of H-pyrrole nitrogens is 1. The number of halogens is 1. The molecular formula is C17H19ClN4O5. The highest BCUT2D eigenvalue weighted by Gasteiger charge is 2.22. The second-order valence-corrected chi connectivity index (χ2v) is 6.29. The van der Waals surface area contributed by atoms with Crippen LogP contribution in [-0.4, -0.2) is 81.1 Å². The summed E-state index contributed by atoms with van der Waals surface area (Å²) in [5.41, 5.74) is 1.56. The van der Waals surface area contributed by atoms with Gasteiger partial charge in [-0.3, -0.25) is 4.79 Å². The van der Waals surface area contributed by atoms with Crippen LogP contribution in [0.1, 0.15) is 10.6 Å². The molecule has 3 rings (SSSR count). The first-order chi connectivity index (χ1) is 12.8. The third-order valence-electron chi connectivity index (χ3n) is 3.81. The van der Waals surface area contributed by atoms with Crippen molar-refractivity contribution in [2.75, 3.05) is 33.2 Å². The number of hydrogen-bond donors (Lipinski definition) is 3. The van der Waals surface area contributed by atoms with Gasteiger partial charge in [-0.1, -0.05) is 11.6 Å². The molecule has 1 aromatic heterocycles. The van der Waals surface area contributed by atoms with Crippen LogP contribution in [0.5, 0.6) is 0 Å². The highest BCUT2D eigenvalue weighted by molar-refractivity contribution is 6.31. The number of carboxylic acids is 2. The Bertz CT molecular complexity index is 855. The number of carboxylic acid groups (broad SMARTS) is 2. The number of nitrogens with one attached hydrogen (secondary N) is 1. The number of benzene rings is 1. The van der Waals surface area contributed by atoms with E-state index in [4.69, 9.17) is 21.8 Å². The summed E-state index contributed by atoms with van der Waals surface area (Å²) in [6, 6.07) is 5.37. The average Bonchev–Trinajstić information content (AvgIpc) is 3.03. The first kappa shape index (κ1) is 20.4. The summed E-state index contributed by atoms with van der Waals surface area (Å²) in [4.78, 5) is 42.9. The number of likely N-dealkylation sites (N-methyl/N-ethyl adjacent to an activating group) is 1. The fourth-order valence-corrected chi connectivity index (χ4v) is 2.56. The van der Waals surface area contributed by atoms with Gasteiger partial charge in [-0.15, -0.1) is 0 Å². The zero-order chi connectivity index (χ0) is 20.0. The van der Waals surface area contributed by atoms with E-state index in [0.717, 1.165) is 37.2 Å². The van der Waals surface area contributed by atoms with E-state index < -0.39 is 11.9 Å². The van der Waals surface area contributed by atoms with Crippen molar-refractivity contribution in [3.63, 3.8) is 0 Å². The molecule has 0 bridgehead atoms. The van der Waals surface area contributed by atoms with Crippen molar-refractivity contribution in [3.8, 4) is 0 Å². The van der Waals surface area contributed by atoms with Crippen LogP contribution in [0.25, 0.3) is 11.0 Å². The van der Waals surface area contributed by atoms with Crippen molar-refractivity contribution in [2.24, 2.45) is 0 Å². The van der Waals surface area contributed by atoms with Crippen molar-refractivity contribution in [1.82, 2.24) is 19.8 Å². The largest absolute Gasteiger partial charge is 0.478 e. The van der Waals surface area contributed by atoms with Gasteiger partial charge in [0.15, 0.2) is 5.82 Å². The van der Waals surface area contributed by atoms with Crippen LogP contribution in [0.4, 0.5) is 0 Å². The number of aromatic amines is 1. The molecule has 1 aliphatic heterocycles. The molecule has 27 heavy (non-hydrogen) atoms. The molecule has 0 saturated carbocycles. The maximum atomic E-state index is 12.3. The molecule has 0 spiro atoms. The molecule has 9 nitrogen and oxygen atoms in total. The van der Waals surface area contributed by atoms with Crippen LogP contribution < -0.4 is 0 Å². The number of hydrogen-bond acceptors (Lipinski definition) is 5. The Hall–Kier alpha value is -2.91. The van der Waals surface area contributed by atoms with Gasteiger partial charge in [0.1, 0.15) is 0 Å². The molecule has 144 valence electrons. The molecule has 3 N–H and O–H groups in total. The van der Waals surface area contributed by atoms with Crippen LogP contribution in [0.3, 0.4) is 0 Å². The summed E-state index contributed by atoms with van der Waals surface area (Å²) < 4.78 is 0. The molecular weight excluding hydrogens is 376 g/mol. The zero-order valence-corrected chi connectivity index (χ0v) is 15.3. The second-order valence-electron chi connectivity index (χ2n) is 5.85. The first-order valence-corrected chi connectivity index (χ1v) is 8.41. The Kier molecular flexibility index (Phi) is 6.91. The molecule has 10 heteroatoms. The molecule has 0 unspecified atom stereocenters. The van der Waals surface area contributed by atoms with Crippen molar-refractivity contribution in [3.05, 3.63) is 41.2 Å². The molecule has 2 heterocycles. The Morgan fingerprint density at radius 2 is 1.70 bits per heavy atom. The number of aromatic nitrogens is 2. The smallest absolute Gasteiger partial charge is 0.328 e. The Balaban J connectivity index is 0.000000279. The quantitative estimate of drug-likeness (QED) is 0.670. The fourth-order valence-electron chi connectivity index (χ4n) is 2.39. The normalized spacial score (nSPS) is 14.8. The minimum atomic E-state index is -1.26. The molecule has 1 aromatic carbocycles. The van der Waals surface area contributed by atoms with E-state index in [1.165, 1.54) is 0 Å². The van der Waals surface area contributed by atoms with Gasteiger partial charge < -0.3 is 25.0 Å². The predicted molar refractivity (Wildman–Crippen MR) is 98.9 cm³/mol. The monoisotopic (exact) mass is 394 g/mol. The lowest BCUT2D eigenvalue weighted by atomic mass is 10.3. The van der Waals surface area contributed by atoms with E-state index in [-0.39, 0.29) is 5.91 Å². The number of nitrogens with zero attached hydrogens (tertiary/aromatic N) is 3. The van der Waals surface area contributed by atoms with E-state index in [1.807, 2.05) is 11.0 Å². The minimum Gasteiger partial charge on any atom is -0.478 e. The zero-order valence-electron chi connectivity index (χ0n) is 14.6. The maximum Gasteiger partial charge on any atom is 0.328 e. The van der Waals surface area contributed by atoms with Gasteiger partial charge in [0.05, 0.1) is 11.0 Å². The van der Waals surface area contributed by atoms with Crippen molar-refractivity contribution in [1.29, 1.82) is 0 Å². The number of imidazole rings is 1. The number of carbonyl (C=O) groups is 3. The number of carbonyl (C=O) groups excluding carboxylic acids is 1. The maximum absolute atomic E-state index is 12.3. The Morgan fingerprint density at radius 3 is 2.26 bits per heavy atom. The average molecular weight is 395 g/mol. The van der Waals surface area contributed by atoms with E-state index in [1.54, 1.807) is 12.1 Å². The lowest BCUT2D eigenvalue weighted by Gasteiger charge is -2.31. The summed E-state index contributed by atoms with van der Waals surface area (Å²) in [5, 5.41) is 16.3. The highest BCUT2D eigenvalue weighted by atomic mass is 35.5. The number of amides is 1. The predicted octanol–water partition coefficient (Wildman–Crippen LogP) is 1.32. The lowest BCUT2D eigenvalue weighted by molar-refractivity contribution is -0.134. The number of fused-ring (bicyclic) bond motifs is 1. The van der Waals surface area contributed by atoms with Gasteiger partial charge in [-0.05, 0) is 25.2 Å². The summed E-state index contributed by atoms with van der Waals surface area (Å²) >= 11 is 5.92. The Morgan fingerprint density at radius 1 is 1.11 bits per heavy atom. The molecule has 0 atom stereocenters. The van der Waals surface area contributed by atoms with Gasteiger partial charge in [0, 0.05) is 43.4 Å². The Labute approximate surface area is 159 Å². The van der Waals surface area contributed by atoms with Crippen LogP contribution >= 0.6 is 11.6 Å². The topological polar surface area (TPSA) is 127 Å². The highest BCUT2D eigenvalue weighted by Crippen LogP contribution is 2.18. The van der Waals surface area contributed by atoms with Gasteiger partial charge in [0.25, 0.3) is 5.91 Å². The summed E-state index contributed by atoms with van der Waals surface area (Å²) in [6.07, 6.45) is 1.12. The van der Waals surface area contributed by atoms with Gasteiger partial charge in [-0.2, -0.15) is 0 Å². The third-order valence-corrected chi connectivity index (χ3v) is 4.04. The fraction of sp³-hybridized carbons (Fsp3) is 0.294. The standard InChI is InChI=1S/C13H15ClN4O.C4H4O4/c1-17-4-6-18(7-5-17)13(19)12-15-10-3-2-9(14)8-11(10)16-12;5-3(6)1-2-4(7)8/h2-3,8H,4-7H2,1H3,(H,15,16);1-2H,(H,5,6)(H,7,8)/b;2-1-. The molecule has 1 amide bonds. The summed E-state index contributed by atoms with van der Waals surface area (Å²) in [5.74, 6) is -2.16. The van der Waals surface area contributed by atoms with Crippen molar-refractivity contribution in [2.45, 2.75) is 0 Å². The molecule has 1 saturated heterocycles. The molecule has 2 aromatic rings. The van der Waals surface area contributed by atoms with Crippen LogP contribution in [0, 0.1) is 0 Å². The number of aliphatic carboxylic acids is 2. The van der Waals surface area contributed by atoms with E-state index in [2.05, 4.69) is 21.9 Å². The molecule has 0 aliphatic carbocycles. The summed E-state index contributed by atoms with van der Waals surface area (Å²) in [7, 11) is 2.06. The lowest BCUT2D eigenvalue weighted by Crippen LogP contribution is -2.47. The van der Waals surface area contributed by atoms with Crippen LogP contribution in [0.2, 0.25) is 5.02 Å². The van der Waals surface area contributed by atoms with E-state index >= 15 is 0 Å². The van der Waals surface area contributed by atoms with E-state index in [0.29, 0.717) is 23.0 Å². The van der Waals surface area contributed by atoms with Gasteiger partial charge >= 0.3 is 11.9 Å². The molecule has 1 aliphatic rings. The van der Waals surface area contributed by atoms with Crippen molar-refractivity contribution < 1.29 is 24.6 Å². The van der Waals surface area contributed by atoms with Gasteiger partial charge in [-0.25, -0.2) is 14.6 Å². The van der Waals surface area contributed by atoms with Gasteiger partial charge in [0.2, 0.25) is 0 Å². The molecule has 0 radical (unpaired) electrons. The molecule has 1 fully saturated rings. The first-order valence-electron chi connectivity index (χ1n) is 8.03. The van der Waals surface area contributed by atoms with Crippen molar-refractivity contribution >= 4 is 40.5 Å².